The zero-order valence-corrected chi connectivity index (χ0v) is 23.4. The molecule has 2 atom stereocenters. The van der Waals surface area contributed by atoms with Gasteiger partial charge in [0.05, 0.1) is 30.2 Å². The summed E-state index contributed by atoms with van der Waals surface area (Å²) in [5.41, 5.74) is 4.34. The van der Waals surface area contributed by atoms with Crippen molar-refractivity contribution in [2.24, 2.45) is 7.05 Å². The zero-order valence-electron chi connectivity index (χ0n) is 23.4. The third-order valence-electron chi connectivity index (χ3n) is 7.17. The molecule has 216 valence electrons. The predicted octanol–water partition coefficient (Wildman–Crippen LogP) is 3.79. The molecule has 5 aromatic rings. The summed E-state index contributed by atoms with van der Waals surface area (Å²) in [6.07, 6.45) is 4.27. The molecule has 1 aromatic carbocycles. The molecule has 42 heavy (non-hydrogen) atoms. The lowest BCUT2D eigenvalue weighted by atomic mass is 10.0. The number of aryl methyl sites for hydroxylation is 1. The number of hydrogen-bond donors (Lipinski definition) is 2. The number of pyridine rings is 2. The quantitative estimate of drug-likeness (QED) is 0.270. The number of methoxy groups -OCH3 is 1. The Morgan fingerprint density at radius 1 is 1.17 bits per heavy atom. The van der Waals surface area contributed by atoms with Crippen molar-refractivity contribution < 1.29 is 18.8 Å². The molecule has 13 heteroatoms. The van der Waals surface area contributed by atoms with Crippen LogP contribution >= 0.6 is 0 Å². The summed E-state index contributed by atoms with van der Waals surface area (Å²) in [6.45, 7) is 3.20. The van der Waals surface area contributed by atoms with Gasteiger partial charge >= 0.3 is 6.03 Å². The van der Waals surface area contributed by atoms with E-state index in [-0.39, 0.29) is 0 Å². The molecule has 0 bridgehead atoms. The molecule has 2 N–H and O–H groups in total. The number of anilines is 1. The van der Waals surface area contributed by atoms with Crippen molar-refractivity contribution in [2.75, 3.05) is 32.1 Å². The van der Waals surface area contributed by atoms with E-state index in [2.05, 4.69) is 25.7 Å². The third-order valence-corrected chi connectivity index (χ3v) is 7.17. The maximum atomic E-state index is 14.0. The maximum Gasteiger partial charge on any atom is 0.320 e. The first-order valence-electron chi connectivity index (χ1n) is 13.4. The largest absolute Gasteiger partial charge is 0.383 e. The summed E-state index contributed by atoms with van der Waals surface area (Å²) in [5, 5.41) is 17.8. The molecular formula is C29H30FN9O3. The number of aromatic nitrogens is 6. The van der Waals surface area contributed by atoms with E-state index in [9.17, 15) is 9.18 Å². The molecule has 12 nitrogen and oxygen atoms in total. The Balaban J connectivity index is 1.30. The van der Waals surface area contributed by atoms with Crippen LogP contribution in [0.15, 0.2) is 67.1 Å². The number of hydrogen-bond acceptors (Lipinski definition) is 8. The number of nitrogens with zero attached hydrogens (tertiary/aromatic N) is 7. The van der Waals surface area contributed by atoms with Crippen LogP contribution in [0.25, 0.3) is 28.0 Å². The number of urea groups is 1. The third kappa shape index (κ3) is 5.44. The summed E-state index contributed by atoms with van der Waals surface area (Å²) in [4.78, 5) is 27.8. The SMILES string of the molecule is COCCN1C[C@@H](NC(=O)Nc2c(C)c(-c3cnc4c(cnn4C)c3)nn2-c2ccccc2)[C@H](c2ccnc(F)c2)O1. The fraction of sp³-hybridized carbons (Fsp3) is 0.276. The van der Waals surface area contributed by atoms with Gasteiger partial charge in [-0.1, -0.05) is 18.2 Å². The van der Waals surface area contributed by atoms with Gasteiger partial charge in [-0.25, -0.2) is 19.4 Å². The molecule has 5 heterocycles. The summed E-state index contributed by atoms with van der Waals surface area (Å²) in [5.74, 6) is -0.120. The highest BCUT2D eigenvalue weighted by Crippen LogP contribution is 2.32. The molecule has 0 spiro atoms. The molecule has 1 aliphatic rings. The van der Waals surface area contributed by atoms with Crippen LogP contribution in [0.4, 0.5) is 15.0 Å². The Morgan fingerprint density at radius 2 is 2.00 bits per heavy atom. The number of carbonyl (C=O) groups is 1. The van der Waals surface area contributed by atoms with Gasteiger partial charge in [-0.15, -0.1) is 0 Å². The van der Waals surface area contributed by atoms with Gasteiger partial charge in [0.15, 0.2) is 5.65 Å². The molecule has 0 radical (unpaired) electrons. The summed E-state index contributed by atoms with van der Waals surface area (Å²) in [6, 6.07) is 13.6. The van der Waals surface area contributed by atoms with Crippen LogP contribution in [0.3, 0.4) is 0 Å². The van der Waals surface area contributed by atoms with Crippen LogP contribution in [-0.4, -0.2) is 73.5 Å². The van der Waals surface area contributed by atoms with E-state index in [1.54, 1.807) is 40.0 Å². The molecule has 0 saturated carbocycles. The van der Waals surface area contributed by atoms with Crippen molar-refractivity contribution in [3.05, 3.63) is 84.2 Å². The number of para-hydroxylation sites is 1. The standard InChI is InChI=1S/C29H30FN9O3/c1-18-25(20-13-21-16-33-37(2)28(21)32-15-20)36-39(22-7-5-4-6-8-22)27(18)35-29(40)34-23-17-38(11-12-41-3)42-26(23)19-9-10-31-24(30)14-19/h4-10,13-16,23,26H,11-12,17H2,1-3H3,(H2,34,35,40)/t23-,26+/m1/s1. The number of fused-ring (bicyclic) bond motifs is 1. The van der Waals surface area contributed by atoms with Crippen molar-refractivity contribution >= 4 is 22.9 Å². The summed E-state index contributed by atoms with van der Waals surface area (Å²) < 4.78 is 22.5. The summed E-state index contributed by atoms with van der Waals surface area (Å²) in [7, 11) is 3.44. The van der Waals surface area contributed by atoms with Crippen LogP contribution in [-0.2, 0) is 16.6 Å². The molecule has 2 amide bonds. The molecule has 1 aliphatic heterocycles. The van der Waals surface area contributed by atoms with Gasteiger partial charge in [0.25, 0.3) is 0 Å². The van der Waals surface area contributed by atoms with Crippen molar-refractivity contribution in [3.63, 3.8) is 0 Å². The van der Waals surface area contributed by atoms with E-state index >= 15 is 0 Å². The van der Waals surface area contributed by atoms with E-state index < -0.39 is 24.1 Å². The lowest BCUT2D eigenvalue weighted by molar-refractivity contribution is -0.154. The van der Waals surface area contributed by atoms with Crippen LogP contribution in [0, 0.1) is 12.9 Å². The first-order chi connectivity index (χ1) is 20.4. The van der Waals surface area contributed by atoms with E-state index in [0.29, 0.717) is 36.8 Å². The fourth-order valence-corrected chi connectivity index (χ4v) is 5.10. The van der Waals surface area contributed by atoms with Gasteiger partial charge in [0.2, 0.25) is 5.95 Å². The van der Waals surface area contributed by atoms with Crippen molar-refractivity contribution in [1.29, 1.82) is 0 Å². The van der Waals surface area contributed by atoms with E-state index in [0.717, 1.165) is 27.8 Å². The molecule has 1 saturated heterocycles. The average Bonchev–Trinajstić information content (AvgIpc) is 3.67. The van der Waals surface area contributed by atoms with Gasteiger partial charge in [-0.3, -0.25) is 14.8 Å². The van der Waals surface area contributed by atoms with E-state index in [1.807, 2.05) is 50.4 Å². The number of hydroxylamine groups is 2. The molecular weight excluding hydrogens is 541 g/mol. The number of carbonyl (C=O) groups excluding carboxylic acids is 1. The van der Waals surface area contributed by atoms with Gasteiger partial charge in [-0.2, -0.15) is 19.7 Å². The van der Waals surface area contributed by atoms with E-state index in [4.69, 9.17) is 14.7 Å². The minimum atomic E-state index is -0.622. The van der Waals surface area contributed by atoms with Crippen molar-refractivity contribution in [1.82, 2.24) is 39.9 Å². The van der Waals surface area contributed by atoms with Crippen LogP contribution in [0.2, 0.25) is 0 Å². The van der Waals surface area contributed by atoms with Crippen LogP contribution in [0.5, 0.6) is 0 Å². The van der Waals surface area contributed by atoms with Crippen LogP contribution < -0.4 is 10.6 Å². The van der Waals surface area contributed by atoms with Gasteiger partial charge in [0, 0.05) is 56.2 Å². The first-order valence-corrected chi connectivity index (χ1v) is 13.4. The lowest BCUT2D eigenvalue weighted by Crippen LogP contribution is -2.42. The minimum absolute atomic E-state index is 0.379. The number of halogens is 1. The predicted molar refractivity (Wildman–Crippen MR) is 153 cm³/mol. The average molecular weight is 572 g/mol. The number of amides is 2. The highest BCUT2D eigenvalue weighted by molar-refractivity contribution is 5.91. The Kier molecular flexibility index (Phi) is 7.61. The van der Waals surface area contributed by atoms with Gasteiger partial charge < -0.3 is 10.1 Å². The number of nitrogens with one attached hydrogen (secondary N) is 2. The van der Waals surface area contributed by atoms with Gasteiger partial charge in [-0.05, 0) is 42.8 Å². The van der Waals surface area contributed by atoms with Gasteiger partial charge in [0.1, 0.15) is 11.9 Å². The Labute approximate surface area is 241 Å². The number of rotatable bonds is 8. The van der Waals surface area contributed by atoms with Crippen LogP contribution in [0.1, 0.15) is 17.2 Å². The maximum absolute atomic E-state index is 14.0. The smallest absolute Gasteiger partial charge is 0.320 e. The second-order valence-electron chi connectivity index (χ2n) is 10.00. The first kappa shape index (κ1) is 27.4. The highest BCUT2D eigenvalue weighted by atomic mass is 19.1. The number of benzene rings is 1. The topological polar surface area (TPSA) is 124 Å². The Morgan fingerprint density at radius 3 is 2.79 bits per heavy atom. The minimum Gasteiger partial charge on any atom is -0.383 e. The molecule has 6 rings (SSSR count). The van der Waals surface area contributed by atoms with Crippen molar-refractivity contribution in [3.8, 4) is 16.9 Å². The molecule has 1 fully saturated rings. The second kappa shape index (κ2) is 11.6. The van der Waals surface area contributed by atoms with E-state index in [1.165, 1.54) is 12.3 Å². The second-order valence-corrected chi connectivity index (χ2v) is 10.00. The molecule has 0 unspecified atom stereocenters. The summed E-state index contributed by atoms with van der Waals surface area (Å²) >= 11 is 0. The molecule has 0 aliphatic carbocycles. The molecule has 4 aromatic heterocycles. The zero-order chi connectivity index (χ0) is 29.2. The van der Waals surface area contributed by atoms with Crippen molar-refractivity contribution in [2.45, 2.75) is 19.1 Å². The Hall–Kier alpha value is -4.72. The number of ether oxygens (including phenoxy) is 1. The fourth-order valence-electron chi connectivity index (χ4n) is 5.10. The lowest BCUT2D eigenvalue weighted by Gasteiger charge is -2.19. The monoisotopic (exact) mass is 571 g/mol. The normalized spacial score (nSPS) is 17.1. The Bertz CT molecular complexity index is 1720. The highest BCUT2D eigenvalue weighted by Gasteiger charge is 2.37.